The highest BCUT2D eigenvalue weighted by molar-refractivity contribution is 6.36. The fourth-order valence-corrected chi connectivity index (χ4v) is 5.73. The average Bonchev–Trinajstić information content (AvgIpc) is 3.75. The molecule has 2 atom stereocenters. The SMILES string of the molecule is N#CCC[C@@H](Nc1c(C#N)cnc2c(Cl)cc(NC(C3=CN(C4CC4)NN3)c3ccccc3Cl)cc12)c1ccccc1. The van der Waals surface area contributed by atoms with E-state index in [0.717, 1.165) is 35.4 Å². The minimum Gasteiger partial charge on any atom is -0.377 e. The lowest BCUT2D eigenvalue weighted by Gasteiger charge is -2.24. The van der Waals surface area contributed by atoms with Gasteiger partial charge in [-0.3, -0.25) is 9.99 Å². The zero-order valence-electron chi connectivity index (χ0n) is 22.6. The quantitative estimate of drug-likeness (QED) is 0.151. The summed E-state index contributed by atoms with van der Waals surface area (Å²) >= 11 is 13.5. The smallest absolute Gasteiger partial charge is 0.103 e. The molecule has 0 amide bonds. The van der Waals surface area contributed by atoms with Gasteiger partial charge in [-0.15, -0.1) is 5.53 Å². The van der Waals surface area contributed by atoms with Crippen LogP contribution in [0.4, 0.5) is 11.4 Å². The Bertz CT molecular complexity index is 1720. The molecule has 1 saturated carbocycles. The van der Waals surface area contributed by atoms with Crippen molar-refractivity contribution in [1.82, 2.24) is 21.0 Å². The molecule has 4 aromatic rings. The molecular formula is C32H28Cl2N8. The summed E-state index contributed by atoms with van der Waals surface area (Å²) < 4.78 is 0. The topological polar surface area (TPSA) is 112 Å². The average molecular weight is 596 g/mol. The van der Waals surface area contributed by atoms with Gasteiger partial charge in [-0.2, -0.15) is 10.5 Å². The molecule has 0 radical (unpaired) electrons. The first-order chi connectivity index (χ1) is 20.6. The lowest BCUT2D eigenvalue weighted by atomic mass is 10.00. The summed E-state index contributed by atoms with van der Waals surface area (Å²) in [5.41, 5.74) is 11.7. The molecular weight excluding hydrogens is 567 g/mol. The first-order valence-corrected chi connectivity index (χ1v) is 14.5. The van der Waals surface area contributed by atoms with Gasteiger partial charge in [0.2, 0.25) is 0 Å². The van der Waals surface area contributed by atoms with E-state index >= 15 is 0 Å². The van der Waals surface area contributed by atoms with E-state index in [2.05, 4.69) is 49.9 Å². The number of nitrogens with one attached hydrogen (secondary N) is 4. The molecule has 1 fully saturated rings. The number of pyridine rings is 1. The highest BCUT2D eigenvalue weighted by Gasteiger charge is 2.33. The number of hydrogen-bond acceptors (Lipinski definition) is 8. The minimum absolute atomic E-state index is 0.192. The molecule has 1 unspecified atom stereocenters. The molecule has 1 aromatic heterocycles. The van der Waals surface area contributed by atoms with Crippen molar-refractivity contribution in [2.75, 3.05) is 10.6 Å². The van der Waals surface area contributed by atoms with Crippen molar-refractivity contribution >= 4 is 45.5 Å². The van der Waals surface area contributed by atoms with Gasteiger partial charge >= 0.3 is 0 Å². The summed E-state index contributed by atoms with van der Waals surface area (Å²) in [6.07, 6.45) is 6.83. The molecule has 4 N–H and O–H groups in total. The van der Waals surface area contributed by atoms with E-state index in [1.165, 1.54) is 6.20 Å². The number of hydrogen-bond donors (Lipinski definition) is 4. The van der Waals surface area contributed by atoms with Gasteiger partial charge in [0.05, 0.1) is 45.6 Å². The van der Waals surface area contributed by atoms with Crippen molar-refractivity contribution in [2.45, 2.75) is 43.8 Å². The Hall–Kier alpha value is -4.47. The highest BCUT2D eigenvalue weighted by atomic mass is 35.5. The molecule has 42 heavy (non-hydrogen) atoms. The zero-order chi connectivity index (χ0) is 29.1. The third-order valence-corrected chi connectivity index (χ3v) is 8.13. The second-order valence-electron chi connectivity index (χ2n) is 10.4. The first kappa shape index (κ1) is 27.7. The number of hydrazine groups is 2. The summed E-state index contributed by atoms with van der Waals surface area (Å²) in [5, 5.41) is 30.4. The van der Waals surface area contributed by atoms with Crippen LogP contribution in [-0.4, -0.2) is 16.0 Å². The van der Waals surface area contributed by atoms with Crippen LogP contribution in [0.15, 0.2) is 84.8 Å². The monoisotopic (exact) mass is 594 g/mol. The first-order valence-electron chi connectivity index (χ1n) is 13.8. The van der Waals surface area contributed by atoms with E-state index in [1.807, 2.05) is 66.7 Å². The summed E-state index contributed by atoms with van der Waals surface area (Å²) in [6.45, 7) is 0. The van der Waals surface area contributed by atoms with Gasteiger partial charge in [-0.25, -0.2) is 0 Å². The molecule has 8 nitrogen and oxygen atoms in total. The summed E-state index contributed by atoms with van der Waals surface area (Å²) in [7, 11) is 0. The predicted octanol–water partition coefficient (Wildman–Crippen LogP) is 7.35. The third-order valence-electron chi connectivity index (χ3n) is 7.50. The number of anilines is 2. The van der Waals surface area contributed by atoms with E-state index in [1.54, 1.807) is 0 Å². The number of halogens is 2. The van der Waals surface area contributed by atoms with Crippen molar-refractivity contribution in [3.05, 3.63) is 112 Å². The lowest BCUT2D eigenvalue weighted by Crippen LogP contribution is -2.38. The van der Waals surface area contributed by atoms with Gasteiger partial charge in [-0.05, 0) is 48.6 Å². The Morgan fingerprint density at radius 3 is 2.52 bits per heavy atom. The molecule has 0 spiro atoms. The van der Waals surface area contributed by atoms with E-state index in [9.17, 15) is 10.5 Å². The Balaban J connectivity index is 1.42. The van der Waals surface area contributed by atoms with Gasteiger partial charge in [0.1, 0.15) is 6.07 Å². The van der Waals surface area contributed by atoms with E-state index < -0.39 is 0 Å². The van der Waals surface area contributed by atoms with Crippen LogP contribution in [-0.2, 0) is 0 Å². The van der Waals surface area contributed by atoms with Gasteiger partial charge < -0.3 is 16.1 Å². The number of benzene rings is 3. The third kappa shape index (κ3) is 5.79. The Morgan fingerprint density at radius 2 is 1.79 bits per heavy atom. The molecule has 0 saturated heterocycles. The number of aromatic nitrogens is 1. The maximum absolute atomic E-state index is 10.0. The molecule has 210 valence electrons. The minimum atomic E-state index is -0.320. The molecule has 1 aliphatic carbocycles. The van der Waals surface area contributed by atoms with Crippen LogP contribution in [0.3, 0.4) is 0 Å². The van der Waals surface area contributed by atoms with Gasteiger partial charge in [0, 0.05) is 41.0 Å². The second-order valence-corrected chi connectivity index (χ2v) is 11.2. The largest absolute Gasteiger partial charge is 0.377 e. The summed E-state index contributed by atoms with van der Waals surface area (Å²) in [6, 6.07) is 25.9. The maximum Gasteiger partial charge on any atom is 0.103 e. The van der Waals surface area contributed by atoms with Crippen molar-refractivity contribution in [2.24, 2.45) is 0 Å². The molecule has 6 rings (SSSR count). The highest BCUT2D eigenvalue weighted by Crippen LogP contribution is 2.39. The number of nitriles is 2. The van der Waals surface area contributed by atoms with Crippen LogP contribution < -0.4 is 21.6 Å². The maximum atomic E-state index is 10.0. The van der Waals surface area contributed by atoms with E-state index in [0.29, 0.717) is 51.1 Å². The Labute approximate surface area is 254 Å². The normalized spacial score (nSPS) is 15.7. The van der Waals surface area contributed by atoms with Crippen molar-refractivity contribution < 1.29 is 0 Å². The molecule has 2 heterocycles. The van der Waals surface area contributed by atoms with E-state index in [-0.39, 0.29) is 12.1 Å². The number of fused-ring (bicyclic) bond motifs is 1. The van der Waals surface area contributed by atoms with Crippen molar-refractivity contribution in [3.8, 4) is 12.1 Å². The molecule has 1 aliphatic heterocycles. The van der Waals surface area contributed by atoms with Gasteiger partial charge in [0.25, 0.3) is 0 Å². The summed E-state index contributed by atoms with van der Waals surface area (Å²) in [5.74, 6) is 0. The summed E-state index contributed by atoms with van der Waals surface area (Å²) in [4.78, 5) is 4.52. The number of rotatable bonds is 10. The standard InChI is InChI=1S/C32H28Cl2N8/c33-26-10-5-4-9-24(26)32(29-19-42(41-40-29)23-12-13-23)38-22-15-25-30(21(17-36)18-37-31(25)27(34)16-22)39-28(11-6-14-35)20-7-2-1-3-8-20/h1-5,7-10,15-16,18-19,23,28,32,38,40-41H,6,11-13H2,(H,37,39)/t28-,32?/m1/s1. The van der Waals surface area contributed by atoms with Gasteiger partial charge in [0.15, 0.2) is 0 Å². The molecule has 3 aromatic carbocycles. The zero-order valence-corrected chi connectivity index (χ0v) is 24.1. The Morgan fingerprint density at radius 1 is 1.00 bits per heavy atom. The fraction of sp³-hybridized carbons (Fsp3) is 0.219. The van der Waals surface area contributed by atoms with Crippen molar-refractivity contribution in [1.29, 1.82) is 10.5 Å². The molecule has 0 bridgehead atoms. The molecule has 10 heteroatoms. The van der Waals surface area contributed by atoms with Crippen LogP contribution in [0.25, 0.3) is 10.9 Å². The predicted molar refractivity (Wildman–Crippen MR) is 166 cm³/mol. The second kappa shape index (κ2) is 12.2. The van der Waals surface area contributed by atoms with Crippen LogP contribution in [0.5, 0.6) is 0 Å². The molecule has 2 aliphatic rings. The Kier molecular flexibility index (Phi) is 8.03. The van der Waals surface area contributed by atoms with Crippen LogP contribution >= 0.6 is 23.2 Å². The fourth-order valence-electron chi connectivity index (χ4n) is 5.21. The van der Waals surface area contributed by atoms with Gasteiger partial charge in [-0.1, -0.05) is 71.7 Å². The van der Waals surface area contributed by atoms with Crippen LogP contribution in [0.1, 0.15) is 54.5 Å². The van der Waals surface area contributed by atoms with Crippen LogP contribution in [0.2, 0.25) is 10.0 Å². The van der Waals surface area contributed by atoms with E-state index in [4.69, 9.17) is 23.2 Å². The lowest BCUT2D eigenvalue weighted by molar-refractivity contribution is 0.260. The number of nitrogens with zero attached hydrogens (tertiary/aromatic N) is 4. The van der Waals surface area contributed by atoms with Crippen molar-refractivity contribution in [3.63, 3.8) is 0 Å². The van der Waals surface area contributed by atoms with Crippen LogP contribution in [0, 0.1) is 22.7 Å².